The summed E-state index contributed by atoms with van der Waals surface area (Å²) >= 11 is 0. The Balaban J connectivity index is 2.19. The molecular weight excluding hydrogens is 223 g/mol. The molecule has 0 saturated carbocycles. The van der Waals surface area contributed by atoms with E-state index in [0.717, 1.165) is 12.1 Å². The van der Waals surface area contributed by atoms with Crippen LogP contribution in [-0.4, -0.2) is 31.6 Å². The van der Waals surface area contributed by atoms with Crippen LogP contribution < -0.4 is 10.4 Å². The molecule has 4 heteroatoms. The molecule has 1 saturated heterocycles. The van der Waals surface area contributed by atoms with Crippen molar-refractivity contribution in [3.63, 3.8) is 0 Å². The van der Waals surface area contributed by atoms with Gasteiger partial charge in [-0.1, -0.05) is 19.9 Å². The fourth-order valence-corrected chi connectivity index (χ4v) is 2.30. The first kappa shape index (κ1) is 13.4. The van der Waals surface area contributed by atoms with E-state index in [-0.39, 0.29) is 17.9 Å². The number of pyridine rings is 1. The summed E-state index contributed by atoms with van der Waals surface area (Å²) in [6, 6.07) is 4.18. The molecule has 0 spiro atoms. The molecule has 98 valence electrons. The maximum Gasteiger partial charge on any atom is 0.329 e. The van der Waals surface area contributed by atoms with Gasteiger partial charge in [0.1, 0.15) is 5.82 Å². The average molecular weight is 246 g/mol. The average Bonchev–Trinajstić information content (AvgIpc) is 2.48. The summed E-state index contributed by atoms with van der Waals surface area (Å²) in [6.07, 6.45) is 2.99. The van der Waals surface area contributed by atoms with E-state index in [9.17, 15) is 0 Å². The van der Waals surface area contributed by atoms with Crippen LogP contribution in [-0.2, 0) is 4.65 Å². The summed E-state index contributed by atoms with van der Waals surface area (Å²) in [4.78, 5) is 6.47. The molecular formula is C14H23BN2O. The lowest BCUT2D eigenvalue weighted by atomic mass is 9.54. The highest BCUT2D eigenvalue weighted by atomic mass is 16.5. The van der Waals surface area contributed by atoms with Gasteiger partial charge in [-0.05, 0) is 37.1 Å². The minimum atomic E-state index is -0.0854. The van der Waals surface area contributed by atoms with Crippen LogP contribution in [0.2, 0.25) is 6.32 Å². The van der Waals surface area contributed by atoms with Crippen LogP contribution in [0.4, 0.5) is 5.82 Å². The van der Waals surface area contributed by atoms with Gasteiger partial charge in [-0.2, -0.15) is 0 Å². The van der Waals surface area contributed by atoms with Crippen molar-refractivity contribution in [1.82, 2.24) is 4.98 Å². The van der Waals surface area contributed by atoms with Gasteiger partial charge in [0.15, 0.2) is 0 Å². The lowest BCUT2D eigenvalue weighted by Crippen LogP contribution is -2.36. The van der Waals surface area contributed by atoms with Gasteiger partial charge >= 0.3 is 6.92 Å². The second kappa shape index (κ2) is 4.27. The number of hydrogen-bond donors (Lipinski definition) is 0. The molecule has 1 aromatic rings. The molecule has 0 unspecified atom stereocenters. The van der Waals surface area contributed by atoms with Gasteiger partial charge in [-0.3, -0.25) is 0 Å². The Morgan fingerprint density at radius 2 is 1.89 bits per heavy atom. The van der Waals surface area contributed by atoms with E-state index in [1.165, 1.54) is 5.46 Å². The van der Waals surface area contributed by atoms with E-state index >= 15 is 0 Å². The molecule has 1 fully saturated rings. The lowest BCUT2D eigenvalue weighted by Gasteiger charge is -2.34. The van der Waals surface area contributed by atoms with Gasteiger partial charge in [-0.15, -0.1) is 0 Å². The smallest absolute Gasteiger partial charge is 0.329 e. The first-order valence-electron chi connectivity index (χ1n) is 6.54. The topological polar surface area (TPSA) is 25.4 Å². The highest BCUT2D eigenvalue weighted by Gasteiger charge is 2.49. The Hall–Kier alpha value is -1.03. The summed E-state index contributed by atoms with van der Waals surface area (Å²) in [6.45, 7) is 9.06. The molecule has 0 bridgehead atoms. The van der Waals surface area contributed by atoms with Crippen LogP contribution in [0, 0.1) is 5.41 Å². The third-order valence-electron chi connectivity index (χ3n) is 4.36. The van der Waals surface area contributed by atoms with Gasteiger partial charge in [0.2, 0.25) is 0 Å². The number of hydrogen-bond acceptors (Lipinski definition) is 3. The van der Waals surface area contributed by atoms with E-state index in [1.807, 2.05) is 25.2 Å². The van der Waals surface area contributed by atoms with Gasteiger partial charge in [-0.25, -0.2) is 4.98 Å². The van der Waals surface area contributed by atoms with Crippen LogP contribution >= 0.6 is 0 Å². The molecule has 1 aliphatic heterocycles. The monoisotopic (exact) mass is 246 g/mol. The second-order valence-corrected chi connectivity index (χ2v) is 6.55. The zero-order valence-corrected chi connectivity index (χ0v) is 12.3. The zero-order chi connectivity index (χ0) is 13.6. The van der Waals surface area contributed by atoms with Crippen molar-refractivity contribution in [2.45, 2.75) is 39.6 Å². The Morgan fingerprint density at radius 3 is 2.28 bits per heavy atom. The van der Waals surface area contributed by atoms with Crippen molar-refractivity contribution < 1.29 is 4.65 Å². The molecule has 1 aromatic heterocycles. The fourth-order valence-electron chi connectivity index (χ4n) is 2.30. The van der Waals surface area contributed by atoms with Crippen molar-refractivity contribution in [3.05, 3.63) is 18.3 Å². The van der Waals surface area contributed by atoms with E-state index in [4.69, 9.17) is 4.65 Å². The van der Waals surface area contributed by atoms with Crippen molar-refractivity contribution in [2.75, 3.05) is 19.0 Å². The third kappa shape index (κ3) is 2.26. The van der Waals surface area contributed by atoms with Crippen molar-refractivity contribution in [3.8, 4) is 0 Å². The van der Waals surface area contributed by atoms with E-state index < -0.39 is 0 Å². The van der Waals surface area contributed by atoms with Crippen LogP contribution in [0.15, 0.2) is 18.3 Å². The Kier molecular flexibility index (Phi) is 3.18. The Labute approximate surface area is 111 Å². The summed E-state index contributed by atoms with van der Waals surface area (Å²) in [5, 5.41) is 0. The number of rotatable bonds is 2. The van der Waals surface area contributed by atoms with E-state index in [1.54, 1.807) is 0 Å². The molecule has 0 aliphatic carbocycles. The summed E-state index contributed by atoms with van der Waals surface area (Å²) in [7, 11) is 4.00. The third-order valence-corrected chi connectivity index (χ3v) is 4.36. The molecule has 0 N–H and O–H groups in total. The Morgan fingerprint density at radius 1 is 1.22 bits per heavy atom. The number of nitrogens with zero attached hydrogens (tertiary/aromatic N) is 2. The largest absolute Gasteiger partial charge is 0.425 e. The molecule has 0 amide bonds. The van der Waals surface area contributed by atoms with Gasteiger partial charge < -0.3 is 9.55 Å². The molecule has 0 aromatic carbocycles. The van der Waals surface area contributed by atoms with Gasteiger partial charge in [0.05, 0.1) is 5.60 Å². The highest BCUT2D eigenvalue weighted by molar-refractivity contribution is 6.68. The first-order chi connectivity index (χ1) is 8.23. The van der Waals surface area contributed by atoms with Crippen molar-refractivity contribution >= 4 is 18.2 Å². The fraction of sp³-hybridized carbons (Fsp3) is 0.643. The van der Waals surface area contributed by atoms with E-state index in [2.05, 4.69) is 44.8 Å². The van der Waals surface area contributed by atoms with Gasteiger partial charge in [0, 0.05) is 20.3 Å². The summed E-state index contributed by atoms with van der Waals surface area (Å²) in [5.41, 5.74) is 1.29. The number of anilines is 1. The molecule has 2 heterocycles. The SMILES string of the molecule is CN(C)c1ccc(B2CC(C)(C)C(C)(C)O2)cn1. The summed E-state index contributed by atoms with van der Waals surface area (Å²) in [5.74, 6) is 0.982. The molecule has 1 aliphatic rings. The minimum Gasteiger partial charge on any atom is -0.425 e. The van der Waals surface area contributed by atoms with Crippen molar-refractivity contribution in [1.29, 1.82) is 0 Å². The molecule has 18 heavy (non-hydrogen) atoms. The lowest BCUT2D eigenvalue weighted by molar-refractivity contribution is 0.0375. The predicted octanol–water partition coefficient (Wildman–Crippen LogP) is 2.18. The van der Waals surface area contributed by atoms with Crippen LogP contribution in [0.1, 0.15) is 27.7 Å². The molecule has 3 nitrogen and oxygen atoms in total. The second-order valence-electron chi connectivity index (χ2n) is 6.55. The standard InChI is InChI=1S/C14H23BN2O/c1-13(2)10-15(18-14(13,3)4)11-7-8-12(16-9-11)17(5)6/h7-9H,10H2,1-6H3. The normalized spacial score (nSPS) is 21.1. The zero-order valence-electron chi connectivity index (χ0n) is 12.3. The van der Waals surface area contributed by atoms with E-state index in [0.29, 0.717) is 0 Å². The first-order valence-corrected chi connectivity index (χ1v) is 6.54. The maximum atomic E-state index is 6.20. The van der Waals surface area contributed by atoms with Crippen LogP contribution in [0.3, 0.4) is 0 Å². The minimum absolute atomic E-state index is 0.0854. The molecule has 0 atom stereocenters. The van der Waals surface area contributed by atoms with Gasteiger partial charge in [0.25, 0.3) is 0 Å². The summed E-state index contributed by atoms with van der Waals surface area (Å²) < 4.78 is 6.20. The molecule has 0 radical (unpaired) electrons. The molecule has 2 rings (SSSR count). The number of aromatic nitrogens is 1. The quantitative estimate of drug-likeness (QED) is 0.748. The van der Waals surface area contributed by atoms with Crippen molar-refractivity contribution in [2.24, 2.45) is 5.41 Å². The van der Waals surface area contributed by atoms with Crippen LogP contribution in [0.25, 0.3) is 0 Å². The maximum absolute atomic E-state index is 6.20. The Bertz CT molecular complexity index is 410. The highest BCUT2D eigenvalue weighted by Crippen LogP contribution is 2.44. The van der Waals surface area contributed by atoms with Crippen LogP contribution in [0.5, 0.6) is 0 Å². The predicted molar refractivity (Wildman–Crippen MR) is 77.7 cm³/mol.